The van der Waals surface area contributed by atoms with E-state index in [-0.39, 0.29) is 6.54 Å². The zero-order chi connectivity index (χ0) is 17.2. The van der Waals surface area contributed by atoms with Crippen molar-refractivity contribution in [3.63, 3.8) is 0 Å². The van der Waals surface area contributed by atoms with Crippen LogP contribution in [-0.2, 0) is 12.7 Å². The molecule has 0 saturated heterocycles. The molecule has 122 valence electrons. The lowest BCUT2D eigenvalue weighted by molar-refractivity contribution is -0.141. The number of hydrogen-bond acceptors (Lipinski definition) is 5. The van der Waals surface area contributed by atoms with E-state index < -0.39 is 29.4 Å². The topological polar surface area (TPSA) is 101 Å². The summed E-state index contributed by atoms with van der Waals surface area (Å²) in [4.78, 5) is 17.6. The summed E-state index contributed by atoms with van der Waals surface area (Å²) in [7, 11) is 0. The largest absolute Gasteiger partial charge is 0.478 e. The summed E-state index contributed by atoms with van der Waals surface area (Å²) in [5.74, 6) is -2.17. The van der Waals surface area contributed by atoms with E-state index in [0.717, 1.165) is 0 Å². The Hall–Kier alpha value is -2.39. The molecule has 0 amide bonds. The number of carboxylic acids is 1. The summed E-state index contributed by atoms with van der Waals surface area (Å²) in [6.45, 7) is 0.209. The standard InChI is InChI=1S/C13H10ClF3N4O2/c14-9-3-7(2-1-6(9)4-18)20-12-19-5-8(11(22)23)10(21-12)13(15,16)17/h1-3,5H,4,18H2,(H,22,23)(H,19,20,21). The molecule has 6 nitrogen and oxygen atoms in total. The Balaban J connectivity index is 2.38. The lowest BCUT2D eigenvalue weighted by Crippen LogP contribution is -2.17. The number of rotatable bonds is 4. The van der Waals surface area contributed by atoms with Gasteiger partial charge in [0.2, 0.25) is 5.95 Å². The first-order valence-corrected chi connectivity index (χ1v) is 6.53. The molecule has 0 bridgehead atoms. The SMILES string of the molecule is NCc1ccc(Nc2ncc(C(=O)O)c(C(F)(F)F)n2)cc1Cl. The van der Waals surface area contributed by atoms with Gasteiger partial charge in [-0.3, -0.25) is 0 Å². The van der Waals surface area contributed by atoms with Crippen molar-refractivity contribution >= 4 is 29.2 Å². The number of alkyl halides is 3. The summed E-state index contributed by atoms with van der Waals surface area (Å²) in [6.07, 6.45) is -4.33. The van der Waals surface area contributed by atoms with Crippen LogP contribution in [0.1, 0.15) is 21.6 Å². The molecule has 1 aromatic heterocycles. The molecule has 0 aliphatic heterocycles. The highest BCUT2D eigenvalue weighted by molar-refractivity contribution is 6.31. The van der Waals surface area contributed by atoms with E-state index in [9.17, 15) is 18.0 Å². The molecule has 1 aromatic carbocycles. The monoisotopic (exact) mass is 346 g/mol. The predicted octanol–water partition coefficient (Wildman–Crippen LogP) is 3.05. The number of aromatic nitrogens is 2. The Kier molecular flexibility index (Phi) is 4.71. The molecule has 2 aromatic rings. The zero-order valence-corrected chi connectivity index (χ0v) is 12.1. The molecule has 23 heavy (non-hydrogen) atoms. The van der Waals surface area contributed by atoms with E-state index >= 15 is 0 Å². The van der Waals surface area contributed by atoms with Crippen molar-refractivity contribution in [2.45, 2.75) is 12.7 Å². The lowest BCUT2D eigenvalue weighted by Gasteiger charge is -2.12. The molecule has 0 saturated carbocycles. The lowest BCUT2D eigenvalue weighted by atomic mass is 10.2. The molecule has 0 unspecified atom stereocenters. The van der Waals surface area contributed by atoms with E-state index in [0.29, 0.717) is 22.5 Å². The maximum atomic E-state index is 12.9. The molecule has 0 aliphatic carbocycles. The molecule has 0 fully saturated rings. The van der Waals surface area contributed by atoms with Gasteiger partial charge in [-0.1, -0.05) is 17.7 Å². The molecule has 2 rings (SSSR count). The second kappa shape index (κ2) is 6.39. The van der Waals surface area contributed by atoms with Gasteiger partial charge in [-0.05, 0) is 17.7 Å². The normalized spacial score (nSPS) is 11.3. The third kappa shape index (κ3) is 3.88. The van der Waals surface area contributed by atoms with E-state index in [1.54, 1.807) is 6.07 Å². The van der Waals surface area contributed by atoms with Gasteiger partial charge in [-0.15, -0.1) is 0 Å². The Bertz CT molecular complexity index is 752. The van der Waals surface area contributed by atoms with Crippen LogP contribution in [0.25, 0.3) is 0 Å². The fraction of sp³-hybridized carbons (Fsp3) is 0.154. The number of benzene rings is 1. The van der Waals surface area contributed by atoms with Crippen molar-refractivity contribution in [2.24, 2.45) is 5.73 Å². The highest BCUT2D eigenvalue weighted by atomic mass is 35.5. The van der Waals surface area contributed by atoms with Gasteiger partial charge in [-0.25, -0.2) is 14.8 Å². The minimum atomic E-state index is -4.92. The first kappa shape index (κ1) is 17.0. The van der Waals surface area contributed by atoms with Crippen molar-refractivity contribution in [3.05, 3.63) is 46.2 Å². The van der Waals surface area contributed by atoms with Crippen molar-refractivity contribution in [3.8, 4) is 0 Å². The van der Waals surface area contributed by atoms with Crippen LogP contribution in [-0.4, -0.2) is 21.0 Å². The first-order chi connectivity index (χ1) is 10.7. The minimum Gasteiger partial charge on any atom is -0.478 e. The number of aromatic carboxylic acids is 1. The number of carboxylic acid groups (broad SMARTS) is 1. The van der Waals surface area contributed by atoms with Gasteiger partial charge in [0, 0.05) is 23.5 Å². The van der Waals surface area contributed by atoms with E-state index in [1.165, 1.54) is 12.1 Å². The fourth-order valence-corrected chi connectivity index (χ4v) is 1.99. The average molecular weight is 347 g/mol. The number of nitrogens with one attached hydrogen (secondary N) is 1. The Morgan fingerprint density at radius 2 is 2.09 bits per heavy atom. The third-order valence-corrected chi connectivity index (χ3v) is 3.17. The number of hydrogen-bond donors (Lipinski definition) is 3. The molecule has 0 radical (unpaired) electrons. The van der Waals surface area contributed by atoms with Crippen LogP contribution in [0.3, 0.4) is 0 Å². The van der Waals surface area contributed by atoms with E-state index in [4.69, 9.17) is 22.4 Å². The molecule has 4 N–H and O–H groups in total. The minimum absolute atomic E-state index is 0.209. The molecule has 10 heteroatoms. The third-order valence-electron chi connectivity index (χ3n) is 2.82. The molecule has 0 aliphatic rings. The van der Waals surface area contributed by atoms with Crippen LogP contribution >= 0.6 is 11.6 Å². The molecule has 0 spiro atoms. The number of carbonyl (C=O) groups is 1. The summed E-state index contributed by atoms with van der Waals surface area (Å²) in [5.41, 5.74) is 3.89. The quantitative estimate of drug-likeness (QED) is 0.786. The molecule has 0 atom stereocenters. The Morgan fingerprint density at radius 1 is 1.39 bits per heavy atom. The summed E-state index contributed by atoms with van der Waals surface area (Å²) < 4.78 is 38.6. The van der Waals surface area contributed by atoms with Crippen molar-refractivity contribution < 1.29 is 23.1 Å². The second-order valence-corrected chi connectivity index (χ2v) is 4.80. The van der Waals surface area contributed by atoms with Crippen LogP contribution in [0.4, 0.5) is 24.8 Å². The summed E-state index contributed by atoms with van der Waals surface area (Å²) in [5, 5.41) is 11.6. The van der Waals surface area contributed by atoms with Gasteiger partial charge in [0.25, 0.3) is 0 Å². The summed E-state index contributed by atoms with van der Waals surface area (Å²) >= 11 is 5.95. The first-order valence-electron chi connectivity index (χ1n) is 6.15. The fourth-order valence-electron chi connectivity index (χ4n) is 1.73. The number of nitrogens with zero attached hydrogens (tertiary/aromatic N) is 2. The van der Waals surface area contributed by atoms with E-state index in [1.807, 2.05) is 0 Å². The highest BCUT2D eigenvalue weighted by Crippen LogP contribution is 2.31. The van der Waals surface area contributed by atoms with Crippen LogP contribution in [0.15, 0.2) is 24.4 Å². The van der Waals surface area contributed by atoms with Crippen LogP contribution in [0.2, 0.25) is 5.02 Å². The summed E-state index contributed by atoms with van der Waals surface area (Å²) in [6, 6.07) is 4.59. The van der Waals surface area contributed by atoms with E-state index in [2.05, 4.69) is 15.3 Å². The van der Waals surface area contributed by atoms with Gasteiger partial charge in [0.05, 0.1) is 0 Å². The number of nitrogens with two attached hydrogens (primary N) is 1. The molecular formula is C13H10ClF3N4O2. The number of anilines is 2. The van der Waals surface area contributed by atoms with Crippen LogP contribution in [0, 0.1) is 0 Å². The van der Waals surface area contributed by atoms with Gasteiger partial charge in [0.15, 0.2) is 5.69 Å². The second-order valence-electron chi connectivity index (χ2n) is 4.39. The highest BCUT2D eigenvalue weighted by Gasteiger charge is 2.38. The smallest absolute Gasteiger partial charge is 0.434 e. The maximum absolute atomic E-state index is 12.9. The van der Waals surface area contributed by atoms with Crippen molar-refractivity contribution in [1.29, 1.82) is 0 Å². The van der Waals surface area contributed by atoms with Crippen molar-refractivity contribution in [1.82, 2.24) is 9.97 Å². The Morgan fingerprint density at radius 3 is 2.61 bits per heavy atom. The van der Waals surface area contributed by atoms with Gasteiger partial charge in [-0.2, -0.15) is 13.2 Å². The zero-order valence-electron chi connectivity index (χ0n) is 11.4. The van der Waals surface area contributed by atoms with Crippen molar-refractivity contribution in [2.75, 3.05) is 5.32 Å². The van der Waals surface area contributed by atoms with Gasteiger partial charge in [0.1, 0.15) is 5.56 Å². The number of halogens is 4. The van der Waals surface area contributed by atoms with Gasteiger partial charge < -0.3 is 16.2 Å². The Labute approximate surface area is 133 Å². The van der Waals surface area contributed by atoms with Gasteiger partial charge >= 0.3 is 12.1 Å². The van der Waals surface area contributed by atoms with Crippen LogP contribution in [0.5, 0.6) is 0 Å². The molecule has 1 heterocycles. The maximum Gasteiger partial charge on any atom is 0.434 e. The molecular weight excluding hydrogens is 337 g/mol. The van der Waals surface area contributed by atoms with Crippen LogP contribution < -0.4 is 11.1 Å². The predicted molar refractivity (Wildman–Crippen MR) is 76.6 cm³/mol. The average Bonchev–Trinajstić information content (AvgIpc) is 2.46.